The molecular formula is C23H18ClFN4O2. The summed E-state index contributed by atoms with van der Waals surface area (Å²) in [5.41, 5.74) is 1.20. The summed E-state index contributed by atoms with van der Waals surface area (Å²) < 4.78 is 14.7. The van der Waals surface area contributed by atoms with Crippen molar-refractivity contribution in [3.8, 4) is 6.07 Å². The van der Waals surface area contributed by atoms with E-state index in [-0.39, 0.29) is 29.9 Å². The Morgan fingerprint density at radius 3 is 2.65 bits per heavy atom. The molecule has 31 heavy (non-hydrogen) atoms. The summed E-state index contributed by atoms with van der Waals surface area (Å²) in [5.74, 6) is -0.532. The number of nitriles is 1. The molecule has 0 bridgehead atoms. The fourth-order valence-electron chi connectivity index (χ4n) is 3.69. The molecule has 1 N–H and O–H groups in total. The molecule has 8 heteroatoms. The van der Waals surface area contributed by atoms with Gasteiger partial charge in [-0.15, -0.1) is 0 Å². The minimum atomic E-state index is -0.470. The smallest absolute Gasteiger partial charge is 0.271 e. The molecule has 0 spiro atoms. The van der Waals surface area contributed by atoms with Gasteiger partial charge in [-0.2, -0.15) is 5.26 Å². The maximum Gasteiger partial charge on any atom is 0.271 e. The highest BCUT2D eigenvalue weighted by Gasteiger charge is 2.30. The minimum Gasteiger partial charge on any atom is -0.377 e. The predicted molar refractivity (Wildman–Crippen MR) is 118 cm³/mol. The molecule has 1 fully saturated rings. The van der Waals surface area contributed by atoms with E-state index in [1.54, 1.807) is 35.2 Å². The van der Waals surface area contributed by atoms with E-state index >= 15 is 0 Å². The first-order valence-electron chi connectivity index (χ1n) is 9.59. The Hall–Kier alpha value is -3.63. The molecule has 156 valence electrons. The lowest BCUT2D eigenvalue weighted by Gasteiger charge is -2.39. The van der Waals surface area contributed by atoms with Crippen LogP contribution in [-0.2, 0) is 11.3 Å². The summed E-state index contributed by atoms with van der Waals surface area (Å²) in [5, 5.41) is 14.1. The first kappa shape index (κ1) is 20.6. The van der Waals surface area contributed by atoms with E-state index in [0.717, 1.165) is 0 Å². The van der Waals surface area contributed by atoms with Crippen LogP contribution in [0.3, 0.4) is 0 Å². The number of rotatable bonds is 5. The number of likely N-dealkylation sites (tertiary alicyclic amines) is 1. The quantitative estimate of drug-likeness (QED) is 0.621. The zero-order chi connectivity index (χ0) is 22.1. The van der Waals surface area contributed by atoms with Crippen molar-refractivity contribution in [3.63, 3.8) is 0 Å². The van der Waals surface area contributed by atoms with Crippen LogP contribution >= 0.6 is 11.6 Å². The lowest BCUT2D eigenvalue weighted by atomic mass is 10.0. The fourth-order valence-corrected chi connectivity index (χ4v) is 3.86. The number of amides is 1. The number of nitrogens with one attached hydrogen (secondary N) is 1. The molecule has 2 heterocycles. The van der Waals surface area contributed by atoms with Crippen LogP contribution in [0, 0.1) is 17.1 Å². The van der Waals surface area contributed by atoms with Crippen LogP contribution < -0.4 is 10.9 Å². The molecule has 6 nitrogen and oxygen atoms in total. The highest BCUT2D eigenvalue weighted by molar-refractivity contribution is 6.31. The highest BCUT2D eigenvalue weighted by atomic mass is 35.5. The van der Waals surface area contributed by atoms with E-state index in [1.807, 2.05) is 6.07 Å². The van der Waals surface area contributed by atoms with Gasteiger partial charge in [0.05, 0.1) is 23.8 Å². The topological polar surface area (TPSA) is 78.1 Å². The van der Waals surface area contributed by atoms with Crippen molar-refractivity contribution in [2.45, 2.75) is 12.6 Å². The summed E-state index contributed by atoms with van der Waals surface area (Å²) in [6.45, 7) is 4.54. The highest BCUT2D eigenvalue weighted by Crippen LogP contribution is 2.29. The number of fused-ring (bicyclic) bond motifs is 1. The number of carbonyl (C=O) groups excluding carboxylic acids is 1. The van der Waals surface area contributed by atoms with Crippen molar-refractivity contribution in [2.75, 3.05) is 18.4 Å². The monoisotopic (exact) mass is 436 g/mol. The second-order valence-corrected chi connectivity index (χ2v) is 7.77. The van der Waals surface area contributed by atoms with E-state index in [2.05, 4.69) is 11.9 Å². The van der Waals surface area contributed by atoms with Crippen molar-refractivity contribution in [2.24, 2.45) is 0 Å². The Morgan fingerprint density at radius 1 is 1.29 bits per heavy atom. The predicted octanol–water partition coefficient (Wildman–Crippen LogP) is 3.52. The molecule has 1 amide bonds. The van der Waals surface area contributed by atoms with Crippen molar-refractivity contribution < 1.29 is 9.18 Å². The second-order valence-electron chi connectivity index (χ2n) is 7.33. The third-order valence-corrected chi connectivity index (χ3v) is 5.55. The molecule has 0 saturated carbocycles. The van der Waals surface area contributed by atoms with Gasteiger partial charge in [0.1, 0.15) is 17.4 Å². The summed E-state index contributed by atoms with van der Waals surface area (Å²) in [6.07, 6.45) is 1.25. The van der Waals surface area contributed by atoms with Gasteiger partial charge in [0.2, 0.25) is 5.91 Å². The molecular weight excluding hydrogens is 419 g/mol. The molecule has 4 rings (SSSR count). The van der Waals surface area contributed by atoms with Crippen LogP contribution in [0.15, 0.2) is 59.9 Å². The van der Waals surface area contributed by atoms with Crippen molar-refractivity contribution in [3.05, 3.63) is 87.4 Å². The minimum absolute atomic E-state index is 0.0227. The van der Waals surface area contributed by atoms with E-state index in [9.17, 15) is 19.2 Å². The van der Waals surface area contributed by atoms with E-state index in [1.165, 1.54) is 22.8 Å². The van der Waals surface area contributed by atoms with Crippen LogP contribution in [0.25, 0.3) is 10.9 Å². The zero-order valence-corrected chi connectivity index (χ0v) is 17.2. The van der Waals surface area contributed by atoms with E-state index < -0.39 is 5.56 Å². The van der Waals surface area contributed by atoms with Crippen molar-refractivity contribution >= 4 is 34.1 Å². The number of aromatic nitrogens is 1. The molecule has 0 atom stereocenters. The molecule has 1 aliphatic rings. The third kappa shape index (κ3) is 3.90. The number of pyridine rings is 1. The normalized spacial score (nSPS) is 13.5. The lowest BCUT2D eigenvalue weighted by Crippen LogP contribution is -2.56. The first-order chi connectivity index (χ1) is 14.9. The number of carbonyl (C=O) groups is 1. The van der Waals surface area contributed by atoms with Crippen LogP contribution in [0.1, 0.15) is 11.1 Å². The van der Waals surface area contributed by atoms with Crippen LogP contribution in [-0.4, -0.2) is 34.5 Å². The van der Waals surface area contributed by atoms with Gasteiger partial charge >= 0.3 is 0 Å². The average molecular weight is 437 g/mol. The number of hydrogen-bond acceptors (Lipinski definition) is 4. The Balaban J connectivity index is 1.78. The largest absolute Gasteiger partial charge is 0.377 e. The first-order valence-corrected chi connectivity index (χ1v) is 9.97. The average Bonchev–Trinajstić information content (AvgIpc) is 2.73. The fraction of sp³-hybridized carbons (Fsp3) is 0.174. The van der Waals surface area contributed by atoms with Crippen molar-refractivity contribution in [1.82, 2.24) is 9.47 Å². The van der Waals surface area contributed by atoms with Crippen molar-refractivity contribution in [1.29, 1.82) is 5.26 Å². The standard InChI is InChI=1S/C23H18ClFN4O2/c1-2-21(30)28-12-17(13-28)27-22-18-8-5-15(24)9-20(18)29(23(31)19(22)10-26)11-14-3-6-16(25)7-4-14/h2-9,17,27H,1,11-13H2. The Bertz CT molecular complexity index is 1290. The van der Waals surface area contributed by atoms with Crippen LogP contribution in [0.2, 0.25) is 5.02 Å². The molecule has 2 aromatic carbocycles. The molecule has 1 saturated heterocycles. The van der Waals surface area contributed by atoms with Gasteiger partial charge in [0, 0.05) is 23.5 Å². The van der Waals surface area contributed by atoms with Crippen LogP contribution in [0.5, 0.6) is 0 Å². The molecule has 0 radical (unpaired) electrons. The van der Waals surface area contributed by atoms with Gasteiger partial charge < -0.3 is 14.8 Å². The molecule has 0 aliphatic carbocycles. The molecule has 1 aliphatic heterocycles. The summed E-state index contributed by atoms with van der Waals surface area (Å²) in [7, 11) is 0. The number of halogens is 2. The van der Waals surface area contributed by atoms with E-state index in [4.69, 9.17) is 11.6 Å². The van der Waals surface area contributed by atoms with Gasteiger partial charge in [0.25, 0.3) is 5.56 Å². The molecule has 1 aromatic heterocycles. The Morgan fingerprint density at radius 2 is 2.00 bits per heavy atom. The van der Waals surface area contributed by atoms with Gasteiger partial charge in [-0.05, 0) is 42.0 Å². The SMILES string of the molecule is C=CC(=O)N1CC(Nc2c(C#N)c(=O)n(Cc3ccc(F)cc3)c3cc(Cl)ccc23)C1. The number of hydrogen-bond donors (Lipinski definition) is 1. The third-order valence-electron chi connectivity index (χ3n) is 5.31. The van der Waals surface area contributed by atoms with Gasteiger partial charge in [-0.1, -0.05) is 30.3 Å². The van der Waals surface area contributed by atoms with Gasteiger partial charge in [-0.25, -0.2) is 4.39 Å². The number of benzene rings is 2. The Kier molecular flexibility index (Phi) is 5.49. The lowest BCUT2D eigenvalue weighted by molar-refractivity contribution is -0.129. The number of nitrogens with zero attached hydrogens (tertiary/aromatic N) is 3. The van der Waals surface area contributed by atoms with Gasteiger partial charge in [-0.3, -0.25) is 9.59 Å². The zero-order valence-electron chi connectivity index (χ0n) is 16.4. The summed E-state index contributed by atoms with van der Waals surface area (Å²) in [4.78, 5) is 26.5. The second kappa shape index (κ2) is 8.25. The van der Waals surface area contributed by atoms with Gasteiger partial charge in [0.15, 0.2) is 0 Å². The maximum absolute atomic E-state index is 13.3. The summed E-state index contributed by atoms with van der Waals surface area (Å²) >= 11 is 6.20. The van der Waals surface area contributed by atoms with E-state index in [0.29, 0.717) is 40.3 Å². The Labute approximate surface area is 182 Å². The molecule has 0 unspecified atom stereocenters. The number of anilines is 1. The van der Waals surface area contributed by atoms with Crippen LogP contribution in [0.4, 0.5) is 10.1 Å². The summed E-state index contributed by atoms with van der Waals surface area (Å²) in [6, 6.07) is 12.9. The molecule has 3 aromatic rings. The maximum atomic E-state index is 13.3.